The summed E-state index contributed by atoms with van der Waals surface area (Å²) in [5.74, 6) is 0.835. The summed E-state index contributed by atoms with van der Waals surface area (Å²) in [4.78, 5) is 4.08. The molecule has 0 amide bonds. The second-order valence-corrected chi connectivity index (χ2v) is 5.55. The zero-order valence-electron chi connectivity index (χ0n) is 10.2. The summed E-state index contributed by atoms with van der Waals surface area (Å²) in [6, 6.07) is 2.76. The summed E-state index contributed by atoms with van der Waals surface area (Å²) < 4.78 is 6.75. The molecule has 1 fully saturated rings. The van der Waals surface area contributed by atoms with Crippen LogP contribution in [0.15, 0.2) is 22.9 Å². The van der Waals surface area contributed by atoms with E-state index in [1.807, 2.05) is 6.07 Å². The van der Waals surface area contributed by atoms with E-state index in [0.717, 1.165) is 29.2 Å². The minimum atomic E-state index is 0.243. The van der Waals surface area contributed by atoms with Gasteiger partial charge in [-0.05, 0) is 61.1 Å². The normalized spacial score (nSPS) is 16.8. The molecule has 0 aliphatic heterocycles. The van der Waals surface area contributed by atoms with Crippen LogP contribution in [-0.2, 0) is 0 Å². The molecule has 1 aliphatic carbocycles. The Hall–Kier alpha value is -0.610. The molecule has 2 rings (SSSR count). The molecule has 1 aromatic rings. The number of nitrogens with one attached hydrogen (secondary N) is 1. The highest BCUT2D eigenvalue weighted by Gasteiger charge is 2.19. The Bertz CT molecular complexity index is 355. The van der Waals surface area contributed by atoms with Gasteiger partial charge in [0.1, 0.15) is 5.75 Å². The van der Waals surface area contributed by atoms with Gasteiger partial charge in [0.25, 0.3) is 0 Å². The van der Waals surface area contributed by atoms with Gasteiger partial charge in [0.2, 0.25) is 0 Å². The zero-order valence-corrected chi connectivity index (χ0v) is 11.7. The third kappa shape index (κ3) is 5.04. The van der Waals surface area contributed by atoms with Gasteiger partial charge in [-0.2, -0.15) is 0 Å². The lowest BCUT2D eigenvalue weighted by Gasteiger charge is -2.14. The summed E-state index contributed by atoms with van der Waals surface area (Å²) in [5.41, 5.74) is 0. The highest BCUT2D eigenvalue weighted by molar-refractivity contribution is 9.10. The first-order valence-corrected chi connectivity index (χ1v) is 7.04. The van der Waals surface area contributed by atoms with Crippen LogP contribution in [0.3, 0.4) is 0 Å². The van der Waals surface area contributed by atoms with E-state index in [1.54, 1.807) is 12.4 Å². The van der Waals surface area contributed by atoms with E-state index in [0.29, 0.717) is 0 Å². The molecule has 1 aliphatic rings. The Balaban J connectivity index is 1.63. The summed E-state index contributed by atoms with van der Waals surface area (Å²) in [7, 11) is 0. The van der Waals surface area contributed by atoms with E-state index >= 15 is 0 Å². The molecule has 0 aromatic carbocycles. The first-order chi connectivity index (χ1) is 8.24. The van der Waals surface area contributed by atoms with Crippen molar-refractivity contribution in [1.82, 2.24) is 10.3 Å². The molecular weight excluding hydrogens is 280 g/mol. The van der Waals surface area contributed by atoms with Crippen molar-refractivity contribution in [1.29, 1.82) is 0 Å². The number of ether oxygens (including phenoxy) is 1. The lowest BCUT2D eigenvalue weighted by Crippen LogP contribution is -2.20. The third-order valence-electron chi connectivity index (χ3n) is 2.81. The van der Waals surface area contributed by atoms with Crippen LogP contribution in [0.4, 0.5) is 0 Å². The summed E-state index contributed by atoms with van der Waals surface area (Å²) in [6.07, 6.45) is 8.71. The molecular formula is C13H19BrN2O. The number of rotatable bonds is 7. The molecule has 17 heavy (non-hydrogen) atoms. The van der Waals surface area contributed by atoms with E-state index in [4.69, 9.17) is 4.74 Å². The predicted octanol–water partition coefficient (Wildman–Crippen LogP) is 3.14. The topological polar surface area (TPSA) is 34.1 Å². The van der Waals surface area contributed by atoms with Gasteiger partial charge >= 0.3 is 0 Å². The van der Waals surface area contributed by atoms with Gasteiger partial charge < -0.3 is 10.1 Å². The Morgan fingerprint density at radius 3 is 3.06 bits per heavy atom. The van der Waals surface area contributed by atoms with E-state index in [1.165, 1.54) is 19.3 Å². The van der Waals surface area contributed by atoms with Crippen LogP contribution >= 0.6 is 15.9 Å². The maximum Gasteiger partial charge on any atom is 0.139 e. The highest BCUT2D eigenvalue weighted by atomic mass is 79.9. The van der Waals surface area contributed by atoms with Gasteiger partial charge in [0, 0.05) is 16.7 Å². The van der Waals surface area contributed by atoms with Gasteiger partial charge in [-0.15, -0.1) is 0 Å². The average molecular weight is 299 g/mol. The van der Waals surface area contributed by atoms with Crippen LogP contribution in [-0.4, -0.2) is 23.7 Å². The van der Waals surface area contributed by atoms with Crippen molar-refractivity contribution in [3.8, 4) is 5.75 Å². The Morgan fingerprint density at radius 2 is 2.35 bits per heavy atom. The van der Waals surface area contributed by atoms with Crippen molar-refractivity contribution in [3.63, 3.8) is 0 Å². The molecule has 1 unspecified atom stereocenters. The number of hydrogen-bond donors (Lipinski definition) is 1. The number of nitrogens with zero attached hydrogens (tertiary/aromatic N) is 1. The van der Waals surface area contributed by atoms with Crippen LogP contribution < -0.4 is 10.1 Å². The lowest BCUT2D eigenvalue weighted by molar-refractivity contribution is 0.206. The maximum atomic E-state index is 5.80. The Labute approximate surface area is 111 Å². The summed E-state index contributed by atoms with van der Waals surface area (Å²) >= 11 is 3.39. The van der Waals surface area contributed by atoms with Crippen molar-refractivity contribution in [2.24, 2.45) is 0 Å². The second kappa shape index (κ2) is 6.36. The van der Waals surface area contributed by atoms with E-state index in [2.05, 4.69) is 33.2 Å². The molecule has 1 N–H and O–H groups in total. The Kier molecular flexibility index (Phi) is 4.80. The standard InChI is InChI=1S/C13H19BrN2O/c1-10(3-2-6-16-12-4-5-12)17-13-7-11(14)8-15-9-13/h7-10,12,16H,2-6H2,1H3. The fraction of sp³-hybridized carbons (Fsp3) is 0.615. The van der Waals surface area contributed by atoms with Gasteiger partial charge in [-0.3, -0.25) is 4.98 Å². The molecule has 0 bridgehead atoms. The lowest BCUT2D eigenvalue weighted by atomic mass is 10.2. The van der Waals surface area contributed by atoms with Crippen molar-refractivity contribution in [2.75, 3.05) is 6.54 Å². The van der Waals surface area contributed by atoms with Gasteiger partial charge in [0.15, 0.2) is 0 Å². The van der Waals surface area contributed by atoms with Gasteiger partial charge in [0.05, 0.1) is 12.3 Å². The minimum Gasteiger partial charge on any atom is -0.489 e. The van der Waals surface area contributed by atoms with Crippen molar-refractivity contribution in [3.05, 3.63) is 22.9 Å². The molecule has 1 atom stereocenters. The van der Waals surface area contributed by atoms with E-state index < -0.39 is 0 Å². The van der Waals surface area contributed by atoms with Crippen LogP contribution in [0.2, 0.25) is 0 Å². The SMILES string of the molecule is CC(CCCNC1CC1)Oc1cncc(Br)c1. The Morgan fingerprint density at radius 1 is 1.53 bits per heavy atom. The summed E-state index contributed by atoms with van der Waals surface area (Å²) in [6.45, 7) is 3.22. The first-order valence-electron chi connectivity index (χ1n) is 6.24. The summed E-state index contributed by atoms with van der Waals surface area (Å²) in [5, 5.41) is 3.51. The van der Waals surface area contributed by atoms with E-state index in [9.17, 15) is 0 Å². The monoisotopic (exact) mass is 298 g/mol. The fourth-order valence-corrected chi connectivity index (χ4v) is 2.08. The fourth-order valence-electron chi connectivity index (χ4n) is 1.73. The molecule has 3 nitrogen and oxygen atoms in total. The maximum absolute atomic E-state index is 5.80. The van der Waals surface area contributed by atoms with Gasteiger partial charge in [-0.1, -0.05) is 0 Å². The molecule has 1 saturated carbocycles. The third-order valence-corrected chi connectivity index (χ3v) is 3.25. The smallest absolute Gasteiger partial charge is 0.139 e. The molecule has 4 heteroatoms. The molecule has 0 saturated heterocycles. The zero-order chi connectivity index (χ0) is 12.1. The van der Waals surface area contributed by atoms with Crippen LogP contribution in [0.25, 0.3) is 0 Å². The predicted molar refractivity (Wildman–Crippen MR) is 72.3 cm³/mol. The van der Waals surface area contributed by atoms with Gasteiger partial charge in [-0.25, -0.2) is 0 Å². The number of pyridine rings is 1. The molecule has 0 radical (unpaired) electrons. The molecule has 1 heterocycles. The molecule has 94 valence electrons. The largest absolute Gasteiger partial charge is 0.489 e. The van der Waals surface area contributed by atoms with Crippen LogP contribution in [0.1, 0.15) is 32.6 Å². The quantitative estimate of drug-likeness (QED) is 0.785. The molecule has 0 spiro atoms. The minimum absolute atomic E-state index is 0.243. The first kappa shape index (κ1) is 12.8. The second-order valence-electron chi connectivity index (χ2n) is 4.64. The van der Waals surface area contributed by atoms with Crippen LogP contribution in [0.5, 0.6) is 5.75 Å². The average Bonchev–Trinajstić information content (AvgIpc) is 3.08. The molecule has 1 aromatic heterocycles. The van der Waals surface area contributed by atoms with Crippen LogP contribution in [0, 0.1) is 0 Å². The van der Waals surface area contributed by atoms with E-state index in [-0.39, 0.29) is 6.10 Å². The van der Waals surface area contributed by atoms with Crippen molar-refractivity contribution >= 4 is 15.9 Å². The number of aromatic nitrogens is 1. The van der Waals surface area contributed by atoms with Crippen molar-refractivity contribution in [2.45, 2.75) is 44.8 Å². The number of hydrogen-bond acceptors (Lipinski definition) is 3. The highest BCUT2D eigenvalue weighted by Crippen LogP contribution is 2.19. The van der Waals surface area contributed by atoms with Crippen molar-refractivity contribution < 1.29 is 4.74 Å². The number of halogens is 1.